The summed E-state index contributed by atoms with van der Waals surface area (Å²) in [6.07, 6.45) is 1.86. The van der Waals surface area contributed by atoms with E-state index in [1.54, 1.807) is 4.90 Å². The quantitative estimate of drug-likeness (QED) is 0.910. The predicted octanol–water partition coefficient (Wildman–Crippen LogP) is 3.45. The number of hydrogen-bond donors (Lipinski definition) is 1. The van der Waals surface area contributed by atoms with Crippen molar-refractivity contribution in [1.82, 2.24) is 10.2 Å². The molecule has 2 aliphatic heterocycles. The fourth-order valence-electron chi connectivity index (χ4n) is 3.68. The zero-order valence-electron chi connectivity index (χ0n) is 15.0. The first-order chi connectivity index (χ1) is 11.8. The lowest BCUT2D eigenvalue weighted by Crippen LogP contribution is -2.46. The molecule has 1 N–H and O–H groups in total. The summed E-state index contributed by atoms with van der Waals surface area (Å²) in [6, 6.07) is 9.68. The molecule has 2 bridgehead atoms. The normalized spacial score (nSPS) is 24.9. The zero-order chi connectivity index (χ0) is 18.0. The molecule has 2 saturated heterocycles. The van der Waals surface area contributed by atoms with Gasteiger partial charge in [-0.3, -0.25) is 0 Å². The van der Waals surface area contributed by atoms with E-state index in [0.717, 1.165) is 24.8 Å². The lowest BCUT2D eigenvalue weighted by molar-refractivity contribution is 0.0485. The summed E-state index contributed by atoms with van der Waals surface area (Å²) in [4.78, 5) is 26.3. The van der Waals surface area contributed by atoms with Crippen molar-refractivity contribution in [2.24, 2.45) is 0 Å². The summed E-state index contributed by atoms with van der Waals surface area (Å²) >= 11 is 0. The summed E-state index contributed by atoms with van der Waals surface area (Å²) in [5, 5.41) is 2.91. The number of amides is 2. The molecule has 6 heteroatoms. The van der Waals surface area contributed by atoms with Crippen LogP contribution in [-0.2, 0) is 16.1 Å². The molecule has 2 fully saturated rings. The fourth-order valence-corrected chi connectivity index (χ4v) is 3.68. The van der Waals surface area contributed by atoms with Gasteiger partial charge in [-0.05, 0) is 45.6 Å². The molecule has 2 amide bonds. The number of fused-ring (bicyclic) bond motifs is 2. The van der Waals surface area contributed by atoms with Crippen LogP contribution >= 0.6 is 0 Å². The van der Waals surface area contributed by atoms with Crippen molar-refractivity contribution in [3.8, 4) is 0 Å². The van der Waals surface area contributed by atoms with Gasteiger partial charge in [-0.1, -0.05) is 30.3 Å². The monoisotopic (exact) mass is 346 g/mol. The molecule has 3 rings (SSSR count). The third-order valence-electron chi connectivity index (χ3n) is 4.65. The molecule has 0 spiro atoms. The summed E-state index contributed by atoms with van der Waals surface area (Å²) < 4.78 is 10.8. The third kappa shape index (κ3) is 4.24. The summed E-state index contributed by atoms with van der Waals surface area (Å²) in [5.41, 5.74) is 0.432. The van der Waals surface area contributed by atoms with Crippen LogP contribution in [0.4, 0.5) is 9.59 Å². The number of rotatable bonds is 3. The lowest BCUT2D eigenvalue weighted by Gasteiger charge is -2.26. The number of benzene rings is 1. The van der Waals surface area contributed by atoms with E-state index in [1.807, 2.05) is 51.1 Å². The molecular formula is C19H26N2O4. The maximum absolute atomic E-state index is 12.5. The molecule has 0 unspecified atom stereocenters. The van der Waals surface area contributed by atoms with Crippen molar-refractivity contribution < 1.29 is 19.1 Å². The van der Waals surface area contributed by atoms with Crippen molar-refractivity contribution in [2.75, 3.05) is 0 Å². The second kappa shape index (κ2) is 6.94. The highest BCUT2D eigenvalue weighted by Crippen LogP contribution is 2.38. The number of hydrogen-bond acceptors (Lipinski definition) is 4. The summed E-state index contributed by atoms with van der Waals surface area (Å²) in [6.45, 7) is 5.77. The molecule has 6 nitrogen and oxygen atoms in total. The van der Waals surface area contributed by atoms with Gasteiger partial charge in [0.25, 0.3) is 0 Å². The highest BCUT2D eigenvalue weighted by Gasteiger charge is 2.50. The van der Waals surface area contributed by atoms with Crippen molar-refractivity contribution >= 4 is 12.2 Å². The molecule has 2 aliphatic rings. The van der Waals surface area contributed by atoms with Crippen LogP contribution in [0.1, 0.15) is 45.6 Å². The molecule has 1 aromatic carbocycles. The Bertz CT molecular complexity index is 626. The van der Waals surface area contributed by atoms with Gasteiger partial charge in [0.1, 0.15) is 12.2 Å². The maximum atomic E-state index is 12.5. The lowest BCUT2D eigenvalue weighted by atomic mass is 9.96. The SMILES string of the molecule is CC(C)(C)OC(=O)N[C@@H]1C[C@@H]2CC[C@H]1N2C(=O)OCc1ccccc1. The van der Waals surface area contributed by atoms with E-state index in [1.165, 1.54) is 0 Å². The van der Waals surface area contributed by atoms with Gasteiger partial charge in [0, 0.05) is 6.04 Å². The van der Waals surface area contributed by atoms with E-state index in [2.05, 4.69) is 5.32 Å². The van der Waals surface area contributed by atoms with Crippen LogP contribution in [0.25, 0.3) is 0 Å². The number of carbonyl (C=O) groups is 2. The highest BCUT2D eigenvalue weighted by atomic mass is 16.6. The molecule has 0 aliphatic carbocycles. The summed E-state index contributed by atoms with van der Waals surface area (Å²) in [5.74, 6) is 0. The molecule has 1 aromatic rings. The van der Waals surface area contributed by atoms with Crippen LogP contribution in [-0.4, -0.2) is 40.8 Å². The van der Waals surface area contributed by atoms with Gasteiger partial charge in [0.15, 0.2) is 0 Å². The molecule has 0 saturated carbocycles. The van der Waals surface area contributed by atoms with Crippen molar-refractivity contribution in [3.63, 3.8) is 0 Å². The van der Waals surface area contributed by atoms with Crippen molar-refractivity contribution in [1.29, 1.82) is 0 Å². The van der Waals surface area contributed by atoms with Crippen LogP contribution in [0.2, 0.25) is 0 Å². The highest BCUT2D eigenvalue weighted by molar-refractivity contribution is 5.71. The molecule has 0 radical (unpaired) electrons. The average molecular weight is 346 g/mol. The molecule has 136 valence electrons. The van der Waals surface area contributed by atoms with E-state index in [4.69, 9.17) is 9.47 Å². The molecular weight excluding hydrogens is 320 g/mol. The van der Waals surface area contributed by atoms with Crippen LogP contribution in [0.5, 0.6) is 0 Å². The third-order valence-corrected chi connectivity index (χ3v) is 4.65. The van der Waals surface area contributed by atoms with Gasteiger partial charge in [0.05, 0.1) is 12.1 Å². The number of nitrogens with one attached hydrogen (secondary N) is 1. The Morgan fingerprint density at radius 1 is 1.20 bits per heavy atom. The first-order valence-electron chi connectivity index (χ1n) is 8.82. The Labute approximate surface area is 148 Å². The van der Waals surface area contributed by atoms with Gasteiger partial charge < -0.3 is 19.7 Å². The van der Waals surface area contributed by atoms with E-state index < -0.39 is 11.7 Å². The first kappa shape index (κ1) is 17.6. The minimum absolute atomic E-state index is 0.0132. The van der Waals surface area contributed by atoms with Crippen LogP contribution in [0.3, 0.4) is 0 Å². The Morgan fingerprint density at radius 3 is 2.60 bits per heavy atom. The average Bonchev–Trinajstić information content (AvgIpc) is 3.09. The van der Waals surface area contributed by atoms with E-state index in [0.29, 0.717) is 0 Å². The number of carbonyl (C=O) groups excluding carboxylic acids is 2. The van der Waals surface area contributed by atoms with Gasteiger partial charge in [-0.2, -0.15) is 0 Å². The number of nitrogens with zero attached hydrogens (tertiary/aromatic N) is 1. The Kier molecular flexibility index (Phi) is 4.88. The van der Waals surface area contributed by atoms with Gasteiger partial charge in [-0.25, -0.2) is 9.59 Å². The Balaban J connectivity index is 1.55. The van der Waals surface area contributed by atoms with Gasteiger partial charge in [0.2, 0.25) is 0 Å². The van der Waals surface area contributed by atoms with Gasteiger partial charge in [-0.15, -0.1) is 0 Å². The minimum Gasteiger partial charge on any atom is -0.445 e. The second-order valence-corrected chi connectivity index (χ2v) is 7.73. The molecule has 0 aromatic heterocycles. The van der Waals surface area contributed by atoms with E-state index in [-0.39, 0.29) is 30.8 Å². The smallest absolute Gasteiger partial charge is 0.410 e. The van der Waals surface area contributed by atoms with Crippen molar-refractivity contribution in [3.05, 3.63) is 35.9 Å². The standard InChI is InChI=1S/C19H26N2O4/c1-19(2,3)25-17(22)20-15-11-14-9-10-16(15)21(14)18(23)24-12-13-7-5-4-6-8-13/h4-8,14-16H,9-12H2,1-3H3,(H,20,22)/t14-,15+,16+/m0/s1. The van der Waals surface area contributed by atoms with Crippen LogP contribution in [0.15, 0.2) is 30.3 Å². The van der Waals surface area contributed by atoms with Crippen LogP contribution in [0, 0.1) is 0 Å². The zero-order valence-corrected chi connectivity index (χ0v) is 15.0. The fraction of sp³-hybridized carbons (Fsp3) is 0.579. The van der Waals surface area contributed by atoms with Crippen molar-refractivity contribution in [2.45, 2.75) is 70.4 Å². The molecule has 25 heavy (non-hydrogen) atoms. The Morgan fingerprint density at radius 2 is 1.92 bits per heavy atom. The summed E-state index contributed by atoms with van der Waals surface area (Å²) in [7, 11) is 0. The largest absolute Gasteiger partial charge is 0.445 e. The Hall–Kier alpha value is -2.24. The number of ether oxygens (including phenoxy) is 2. The maximum Gasteiger partial charge on any atom is 0.410 e. The predicted molar refractivity (Wildman–Crippen MR) is 93.1 cm³/mol. The van der Waals surface area contributed by atoms with Crippen LogP contribution < -0.4 is 5.32 Å². The topological polar surface area (TPSA) is 67.9 Å². The van der Waals surface area contributed by atoms with E-state index >= 15 is 0 Å². The second-order valence-electron chi connectivity index (χ2n) is 7.73. The minimum atomic E-state index is -0.532. The number of alkyl carbamates (subject to hydrolysis) is 1. The van der Waals surface area contributed by atoms with Gasteiger partial charge >= 0.3 is 12.2 Å². The molecule has 2 heterocycles. The van der Waals surface area contributed by atoms with E-state index in [9.17, 15) is 9.59 Å². The molecule has 3 atom stereocenters. The first-order valence-corrected chi connectivity index (χ1v) is 8.82.